The van der Waals surface area contributed by atoms with Gasteiger partial charge < -0.3 is 19.8 Å². The Morgan fingerprint density at radius 1 is 0.500 bits per heavy atom. The van der Waals surface area contributed by atoms with Crippen molar-refractivity contribution in [2.75, 3.05) is 40.9 Å². The highest BCUT2D eigenvalue weighted by atomic mass is 31.2. The normalized spacial score (nSPS) is 14.7. The average Bonchev–Trinajstić information content (AvgIpc) is 3.32. The number of quaternary nitrogens is 1. The van der Waals surface area contributed by atoms with E-state index in [4.69, 9.17) is 9.05 Å². The Kier molecular flexibility index (Phi) is 49.4. The molecule has 0 aromatic heterocycles. The zero-order valence-corrected chi connectivity index (χ0v) is 46.9. The molecule has 3 N–H and O–H groups in total. The average molecular weight is 999 g/mol. The lowest BCUT2D eigenvalue weighted by Crippen LogP contribution is -2.45. The van der Waals surface area contributed by atoms with Crippen molar-refractivity contribution in [3.05, 3.63) is 97.2 Å². The molecule has 70 heavy (non-hydrogen) atoms. The van der Waals surface area contributed by atoms with Gasteiger partial charge in [0.25, 0.3) is 0 Å². The van der Waals surface area contributed by atoms with E-state index in [9.17, 15) is 19.4 Å². The maximum absolute atomic E-state index is 13.0. The molecule has 0 heterocycles. The number of nitrogens with one attached hydrogen (secondary N) is 1. The van der Waals surface area contributed by atoms with Gasteiger partial charge in [-0.3, -0.25) is 13.8 Å². The second-order valence-electron chi connectivity index (χ2n) is 20.3. The predicted octanol–water partition coefficient (Wildman–Crippen LogP) is 17.4. The number of allylic oxidation sites excluding steroid dienone is 15. The molecular formula is C61H110N2O6P+. The fourth-order valence-electron chi connectivity index (χ4n) is 7.85. The topological polar surface area (TPSA) is 105 Å². The van der Waals surface area contributed by atoms with Gasteiger partial charge in [0, 0.05) is 6.42 Å². The van der Waals surface area contributed by atoms with E-state index in [1.54, 1.807) is 6.08 Å². The molecule has 0 rings (SSSR count). The van der Waals surface area contributed by atoms with Crippen molar-refractivity contribution in [1.82, 2.24) is 5.32 Å². The number of unbranched alkanes of at least 4 members (excludes halogenated alkanes) is 24. The maximum atomic E-state index is 13.0. The lowest BCUT2D eigenvalue weighted by Gasteiger charge is -2.25. The molecule has 3 unspecified atom stereocenters. The first-order valence-corrected chi connectivity index (χ1v) is 30.1. The van der Waals surface area contributed by atoms with Crippen LogP contribution >= 0.6 is 7.82 Å². The van der Waals surface area contributed by atoms with Crippen LogP contribution in [0.5, 0.6) is 0 Å². The first-order chi connectivity index (χ1) is 34.0. The first-order valence-electron chi connectivity index (χ1n) is 28.6. The third-order valence-corrected chi connectivity index (χ3v) is 13.3. The number of aliphatic hydroxyl groups excluding tert-OH is 1. The van der Waals surface area contributed by atoms with Gasteiger partial charge in [-0.25, -0.2) is 4.57 Å². The van der Waals surface area contributed by atoms with Crippen LogP contribution in [0.1, 0.15) is 232 Å². The SMILES string of the molecule is CC/C=C\C/C=C\C/C=C\C/C=C\C/C=C\C/C=C\C/C=C\CCCCCCCCCCCCCC(=O)NC(COP(=O)(O)OCC[N+](C)(C)C)C(O)/C=C/CCCCCCCCCCCCCCC. The summed E-state index contributed by atoms with van der Waals surface area (Å²) >= 11 is 0. The van der Waals surface area contributed by atoms with Gasteiger partial charge in [0.05, 0.1) is 39.9 Å². The van der Waals surface area contributed by atoms with Gasteiger partial charge in [-0.05, 0) is 77.0 Å². The number of hydrogen-bond donors (Lipinski definition) is 3. The highest BCUT2D eigenvalue weighted by Gasteiger charge is 2.27. The molecule has 8 nitrogen and oxygen atoms in total. The van der Waals surface area contributed by atoms with E-state index in [2.05, 4.69) is 104 Å². The summed E-state index contributed by atoms with van der Waals surface area (Å²) in [5.41, 5.74) is 0. The van der Waals surface area contributed by atoms with Gasteiger partial charge in [0.1, 0.15) is 13.2 Å². The van der Waals surface area contributed by atoms with Crippen LogP contribution in [0.4, 0.5) is 0 Å². The Morgan fingerprint density at radius 3 is 1.26 bits per heavy atom. The van der Waals surface area contributed by atoms with E-state index < -0.39 is 20.0 Å². The van der Waals surface area contributed by atoms with E-state index in [0.717, 1.165) is 83.5 Å². The number of phosphoric acid groups is 1. The molecule has 0 aromatic carbocycles. The Morgan fingerprint density at radius 2 is 0.857 bits per heavy atom. The molecular weight excluding hydrogens is 888 g/mol. The van der Waals surface area contributed by atoms with Crippen molar-refractivity contribution in [3.8, 4) is 0 Å². The molecule has 0 bridgehead atoms. The minimum Gasteiger partial charge on any atom is -0.387 e. The van der Waals surface area contributed by atoms with Crippen LogP contribution in [-0.4, -0.2) is 73.4 Å². The van der Waals surface area contributed by atoms with Crippen LogP contribution in [-0.2, 0) is 18.4 Å². The number of carbonyl (C=O) groups excluding carboxylic acids is 1. The maximum Gasteiger partial charge on any atom is 0.472 e. The molecule has 404 valence electrons. The molecule has 0 saturated heterocycles. The quantitative estimate of drug-likeness (QED) is 0.0243. The summed E-state index contributed by atoms with van der Waals surface area (Å²) in [6.45, 7) is 4.70. The van der Waals surface area contributed by atoms with Crippen molar-refractivity contribution in [2.24, 2.45) is 0 Å². The Balaban J connectivity index is 4.16. The molecule has 0 radical (unpaired) electrons. The van der Waals surface area contributed by atoms with E-state index in [1.165, 1.54) is 128 Å². The summed E-state index contributed by atoms with van der Waals surface area (Å²) in [7, 11) is 1.56. The fourth-order valence-corrected chi connectivity index (χ4v) is 8.58. The molecule has 3 atom stereocenters. The first kappa shape index (κ1) is 67.4. The lowest BCUT2D eigenvalue weighted by molar-refractivity contribution is -0.870. The van der Waals surface area contributed by atoms with Crippen LogP contribution in [0.25, 0.3) is 0 Å². The monoisotopic (exact) mass is 998 g/mol. The smallest absolute Gasteiger partial charge is 0.387 e. The molecule has 1 amide bonds. The highest BCUT2D eigenvalue weighted by Crippen LogP contribution is 2.43. The number of hydrogen-bond acceptors (Lipinski definition) is 5. The van der Waals surface area contributed by atoms with Gasteiger partial charge in [-0.1, -0.05) is 246 Å². The summed E-state index contributed by atoms with van der Waals surface area (Å²) in [4.78, 5) is 23.3. The molecule has 0 aromatic rings. The highest BCUT2D eigenvalue weighted by molar-refractivity contribution is 7.47. The van der Waals surface area contributed by atoms with Crippen LogP contribution in [0.3, 0.4) is 0 Å². The van der Waals surface area contributed by atoms with Crippen LogP contribution in [0.2, 0.25) is 0 Å². The lowest BCUT2D eigenvalue weighted by atomic mass is 10.0. The van der Waals surface area contributed by atoms with E-state index in [0.29, 0.717) is 17.4 Å². The number of amides is 1. The number of carbonyl (C=O) groups is 1. The summed E-state index contributed by atoms with van der Waals surface area (Å²) in [5, 5.41) is 13.9. The summed E-state index contributed by atoms with van der Waals surface area (Å²) in [6, 6.07) is -0.853. The number of phosphoric ester groups is 1. The third kappa shape index (κ3) is 53.2. The van der Waals surface area contributed by atoms with Gasteiger partial charge in [-0.2, -0.15) is 0 Å². The van der Waals surface area contributed by atoms with Crippen LogP contribution < -0.4 is 5.32 Å². The largest absolute Gasteiger partial charge is 0.472 e. The molecule has 0 saturated carbocycles. The van der Waals surface area contributed by atoms with Crippen molar-refractivity contribution >= 4 is 13.7 Å². The van der Waals surface area contributed by atoms with Crippen molar-refractivity contribution in [2.45, 2.75) is 244 Å². The Hall–Kier alpha value is -2.58. The fraction of sp³-hybridized carbons (Fsp3) is 0.721. The predicted molar refractivity (Wildman–Crippen MR) is 304 cm³/mol. The molecule has 0 spiro atoms. The van der Waals surface area contributed by atoms with Crippen LogP contribution in [0, 0.1) is 0 Å². The molecule has 0 fully saturated rings. The third-order valence-electron chi connectivity index (χ3n) is 12.3. The van der Waals surface area contributed by atoms with E-state index in [1.807, 2.05) is 27.2 Å². The Bertz CT molecular complexity index is 1460. The van der Waals surface area contributed by atoms with Gasteiger partial charge in [-0.15, -0.1) is 0 Å². The van der Waals surface area contributed by atoms with Crippen LogP contribution in [0.15, 0.2) is 97.2 Å². The second kappa shape index (κ2) is 51.3. The zero-order chi connectivity index (χ0) is 51.3. The van der Waals surface area contributed by atoms with Gasteiger partial charge in [0.2, 0.25) is 5.91 Å². The molecule has 0 aliphatic rings. The number of aliphatic hydroxyl groups is 1. The number of rotatable bonds is 51. The van der Waals surface area contributed by atoms with Crippen molar-refractivity contribution < 1.29 is 32.9 Å². The number of likely N-dealkylation sites (N-methyl/N-ethyl adjacent to an activating group) is 1. The van der Waals surface area contributed by atoms with Gasteiger partial charge in [0.15, 0.2) is 0 Å². The number of nitrogens with zero attached hydrogens (tertiary/aromatic N) is 1. The zero-order valence-electron chi connectivity index (χ0n) is 46.0. The Labute approximate surface area is 432 Å². The second-order valence-corrected chi connectivity index (χ2v) is 21.7. The minimum absolute atomic E-state index is 0.0572. The van der Waals surface area contributed by atoms with E-state index in [-0.39, 0.29) is 19.1 Å². The van der Waals surface area contributed by atoms with E-state index >= 15 is 0 Å². The minimum atomic E-state index is -4.35. The molecule has 9 heteroatoms. The van der Waals surface area contributed by atoms with Gasteiger partial charge >= 0.3 is 7.82 Å². The summed E-state index contributed by atoms with van der Waals surface area (Å²) in [6.07, 6.45) is 73.6. The standard InChI is InChI=1S/C61H109N2O6P/c1-6-8-10-12-14-16-18-20-22-23-24-25-26-27-28-29-30-31-32-33-34-35-36-37-38-39-41-43-45-47-49-51-53-55-61(65)62-59(58-69-70(66,67)68-57-56-63(3,4)5)60(64)54-52-50-48-46-44-42-40-21-19-17-15-13-11-9-7-2/h8,10,14,16,20,22,24-25,27-28,30-31,33-34,52,54,59-60,64H,6-7,9,11-13,15,17-19,21,23,26,29,32,35-51,53,55-58H2,1-5H3,(H-,62,65,66,67)/p+1/b10-8-,16-14-,22-20-,25-24-,28-27-,31-30-,34-33-,54-52+. The van der Waals surface area contributed by atoms with Crippen molar-refractivity contribution in [3.63, 3.8) is 0 Å². The van der Waals surface area contributed by atoms with Crippen molar-refractivity contribution in [1.29, 1.82) is 0 Å². The molecule has 0 aliphatic carbocycles. The summed E-state index contributed by atoms with van der Waals surface area (Å²) < 4.78 is 23.7. The molecule has 0 aliphatic heterocycles. The summed E-state index contributed by atoms with van der Waals surface area (Å²) in [5.74, 6) is -0.184.